The van der Waals surface area contributed by atoms with Gasteiger partial charge in [0.15, 0.2) is 5.65 Å². The van der Waals surface area contributed by atoms with E-state index in [1.54, 1.807) is 0 Å². The van der Waals surface area contributed by atoms with Crippen LogP contribution in [0.15, 0.2) is 60.7 Å². The number of anilines is 4. The summed E-state index contributed by atoms with van der Waals surface area (Å²) in [5.41, 5.74) is 4.32. The smallest absolute Gasteiger partial charge is 0.229 e. The third kappa shape index (κ3) is 2.85. The van der Waals surface area contributed by atoms with Crippen LogP contribution in [0.4, 0.5) is 23.1 Å². The highest BCUT2D eigenvalue weighted by Crippen LogP contribution is 2.36. The van der Waals surface area contributed by atoms with Gasteiger partial charge in [-0.15, -0.1) is 0 Å². The number of nitrogens with one attached hydrogen (secondary N) is 1. The highest BCUT2D eigenvalue weighted by molar-refractivity contribution is 5.94. The maximum atomic E-state index is 5.05. The van der Waals surface area contributed by atoms with Crippen LogP contribution < -0.4 is 14.7 Å². The van der Waals surface area contributed by atoms with Crippen LogP contribution in [-0.4, -0.2) is 52.9 Å². The van der Waals surface area contributed by atoms with E-state index in [9.17, 15) is 0 Å². The molecule has 4 heterocycles. The van der Waals surface area contributed by atoms with Gasteiger partial charge in [-0.2, -0.15) is 15.1 Å². The number of hydrogen-bond donors (Lipinski definition) is 1. The van der Waals surface area contributed by atoms with E-state index in [-0.39, 0.29) is 0 Å². The molecule has 0 aliphatic carbocycles. The third-order valence-electron chi connectivity index (χ3n) is 6.05. The fraction of sp³-hybridized carbons (Fsp3) is 0.261. The Morgan fingerprint density at radius 1 is 0.700 bits per heavy atom. The number of hydrogen-bond acceptors (Lipinski definition) is 6. The van der Waals surface area contributed by atoms with Crippen LogP contribution >= 0.6 is 0 Å². The molecule has 0 amide bonds. The van der Waals surface area contributed by atoms with E-state index < -0.39 is 0 Å². The Morgan fingerprint density at radius 3 is 2.10 bits per heavy atom. The van der Waals surface area contributed by atoms with Crippen molar-refractivity contribution in [2.45, 2.75) is 6.42 Å². The second-order valence-electron chi connectivity index (χ2n) is 7.79. The number of piperazine rings is 1. The standard InChI is InChI=1S/C23H23N7/c1-3-7-17(8-4-1)28-13-15-29(16-14-28)23-24-21-20-19(26-27-21)11-12-30(22(20)25-23)18-9-5-2-6-10-18/h1-10H,11-16H2,(H,24,25,26,27). The summed E-state index contributed by atoms with van der Waals surface area (Å²) in [7, 11) is 0. The molecular weight excluding hydrogens is 374 g/mol. The minimum absolute atomic E-state index is 0.760. The first-order chi connectivity index (χ1) is 14.9. The van der Waals surface area contributed by atoms with Crippen LogP contribution in [0, 0.1) is 0 Å². The topological polar surface area (TPSA) is 64.2 Å². The van der Waals surface area contributed by atoms with Crippen molar-refractivity contribution in [1.29, 1.82) is 0 Å². The van der Waals surface area contributed by atoms with Crippen LogP contribution in [-0.2, 0) is 6.42 Å². The molecule has 0 unspecified atom stereocenters. The van der Waals surface area contributed by atoms with E-state index in [1.807, 2.05) is 6.07 Å². The van der Waals surface area contributed by atoms with Crippen LogP contribution in [0.1, 0.15) is 5.69 Å². The van der Waals surface area contributed by atoms with Crippen molar-refractivity contribution in [3.05, 3.63) is 66.4 Å². The Morgan fingerprint density at radius 2 is 1.37 bits per heavy atom. The van der Waals surface area contributed by atoms with Gasteiger partial charge in [-0.25, -0.2) is 0 Å². The predicted molar refractivity (Wildman–Crippen MR) is 120 cm³/mol. The largest absolute Gasteiger partial charge is 0.368 e. The van der Waals surface area contributed by atoms with Gasteiger partial charge in [0.25, 0.3) is 0 Å². The van der Waals surface area contributed by atoms with Gasteiger partial charge in [-0.05, 0) is 24.3 Å². The van der Waals surface area contributed by atoms with Crippen LogP contribution in [0.2, 0.25) is 0 Å². The number of rotatable bonds is 3. The molecule has 0 spiro atoms. The molecule has 6 rings (SSSR count). The summed E-state index contributed by atoms with van der Waals surface area (Å²) in [6.07, 6.45) is 0.914. The Bertz CT molecular complexity index is 1160. The van der Waals surface area contributed by atoms with Crippen molar-refractivity contribution in [2.24, 2.45) is 0 Å². The van der Waals surface area contributed by atoms with Crippen molar-refractivity contribution in [3.8, 4) is 0 Å². The number of para-hydroxylation sites is 2. The Kier molecular flexibility index (Phi) is 4.04. The van der Waals surface area contributed by atoms with Crippen LogP contribution in [0.25, 0.3) is 11.0 Å². The molecule has 0 saturated carbocycles. The van der Waals surface area contributed by atoms with Gasteiger partial charge in [-0.3, -0.25) is 5.10 Å². The normalized spacial score (nSPS) is 16.3. The summed E-state index contributed by atoms with van der Waals surface area (Å²) >= 11 is 0. The second-order valence-corrected chi connectivity index (χ2v) is 7.79. The van der Waals surface area contributed by atoms with Gasteiger partial charge in [0.1, 0.15) is 5.82 Å². The number of benzene rings is 2. The molecule has 150 valence electrons. The molecule has 2 aliphatic heterocycles. The lowest BCUT2D eigenvalue weighted by Gasteiger charge is -2.36. The predicted octanol–water partition coefficient (Wildman–Crippen LogP) is 3.37. The lowest BCUT2D eigenvalue weighted by atomic mass is 10.1. The van der Waals surface area contributed by atoms with Gasteiger partial charge in [0.2, 0.25) is 5.95 Å². The monoisotopic (exact) mass is 397 g/mol. The zero-order valence-electron chi connectivity index (χ0n) is 16.7. The van der Waals surface area contributed by atoms with E-state index in [2.05, 4.69) is 79.5 Å². The molecular formula is C23H23N7. The zero-order chi connectivity index (χ0) is 19.9. The van der Waals surface area contributed by atoms with Gasteiger partial charge in [0, 0.05) is 50.5 Å². The Balaban J connectivity index is 1.33. The number of aromatic nitrogens is 4. The molecule has 7 heteroatoms. The highest BCUT2D eigenvalue weighted by atomic mass is 15.4. The first-order valence-electron chi connectivity index (χ1n) is 10.5. The second kappa shape index (κ2) is 7.02. The van der Waals surface area contributed by atoms with Gasteiger partial charge in [0.05, 0.1) is 11.1 Å². The van der Waals surface area contributed by atoms with Crippen LogP contribution in [0.3, 0.4) is 0 Å². The number of aromatic amines is 1. The molecule has 2 aromatic heterocycles. The zero-order valence-corrected chi connectivity index (χ0v) is 16.7. The van der Waals surface area contributed by atoms with E-state index in [1.165, 1.54) is 5.69 Å². The summed E-state index contributed by atoms with van der Waals surface area (Å²) < 4.78 is 0. The lowest BCUT2D eigenvalue weighted by molar-refractivity contribution is 0.640. The summed E-state index contributed by atoms with van der Waals surface area (Å²) in [6.45, 7) is 4.57. The molecule has 1 N–H and O–H groups in total. The molecule has 1 fully saturated rings. The lowest BCUT2D eigenvalue weighted by Crippen LogP contribution is -2.47. The highest BCUT2D eigenvalue weighted by Gasteiger charge is 2.28. The molecule has 2 aliphatic rings. The van der Waals surface area contributed by atoms with E-state index in [0.29, 0.717) is 0 Å². The van der Waals surface area contributed by atoms with E-state index >= 15 is 0 Å². The Labute approximate surface area is 175 Å². The molecule has 30 heavy (non-hydrogen) atoms. The van der Waals surface area contributed by atoms with Gasteiger partial charge >= 0.3 is 0 Å². The summed E-state index contributed by atoms with van der Waals surface area (Å²) in [6, 6.07) is 21.1. The van der Waals surface area contributed by atoms with Crippen molar-refractivity contribution >= 4 is 34.2 Å². The summed E-state index contributed by atoms with van der Waals surface area (Å²) in [5, 5.41) is 8.73. The molecule has 1 saturated heterocycles. The van der Waals surface area contributed by atoms with Crippen LogP contribution in [0.5, 0.6) is 0 Å². The minimum Gasteiger partial charge on any atom is -0.368 e. The number of nitrogens with zero attached hydrogens (tertiary/aromatic N) is 6. The van der Waals surface area contributed by atoms with Gasteiger partial charge < -0.3 is 14.7 Å². The first kappa shape index (κ1) is 17.3. The maximum absolute atomic E-state index is 5.05. The molecule has 2 aromatic carbocycles. The molecule has 0 radical (unpaired) electrons. The van der Waals surface area contributed by atoms with Crippen molar-refractivity contribution in [3.63, 3.8) is 0 Å². The van der Waals surface area contributed by atoms with E-state index in [4.69, 9.17) is 9.97 Å². The molecule has 0 atom stereocenters. The van der Waals surface area contributed by atoms with E-state index in [0.717, 1.165) is 73.3 Å². The molecule has 7 nitrogen and oxygen atoms in total. The summed E-state index contributed by atoms with van der Waals surface area (Å²) in [5.74, 6) is 1.73. The summed E-state index contributed by atoms with van der Waals surface area (Å²) in [4.78, 5) is 16.8. The molecule has 0 bridgehead atoms. The van der Waals surface area contributed by atoms with Crippen molar-refractivity contribution in [1.82, 2.24) is 20.2 Å². The van der Waals surface area contributed by atoms with Crippen molar-refractivity contribution < 1.29 is 0 Å². The third-order valence-corrected chi connectivity index (χ3v) is 6.05. The fourth-order valence-electron chi connectivity index (χ4n) is 4.46. The average molecular weight is 397 g/mol. The minimum atomic E-state index is 0.760. The van der Waals surface area contributed by atoms with Crippen molar-refractivity contribution in [2.75, 3.05) is 47.4 Å². The molecule has 4 aromatic rings. The quantitative estimate of drug-likeness (QED) is 0.572. The average Bonchev–Trinajstić information content (AvgIpc) is 3.25. The SMILES string of the molecule is c1ccc(N2CCN(c3nc4c5c([nH]nc5n3)CCN4c3ccccc3)CC2)cc1. The maximum Gasteiger partial charge on any atom is 0.229 e. The first-order valence-corrected chi connectivity index (χ1v) is 10.5. The van der Waals surface area contributed by atoms with Gasteiger partial charge in [-0.1, -0.05) is 36.4 Å². The number of H-pyrrole nitrogens is 1. The Hall–Kier alpha value is -3.61. The fourth-order valence-corrected chi connectivity index (χ4v) is 4.46.